The van der Waals surface area contributed by atoms with Gasteiger partial charge in [0.2, 0.25) is 0 Å². The van der Waals surface area contributed by atoms with Gasteiger partial charge >= 0.3 is 0 Å². The molecule has 0 aliphatic rings. The van der Waals surface area contributed by atoms with Gasteiger partial charge in [0.05, 0.1) is 14.2 Å². The van der Waals surface area contributed by atoms with Crippen LogP contribution in [0.4, 0.5) is 0 Å². The molecule has 0 radical (unpaired) electrons. The Morgan fingerprint density at radius 2 is 1.79 bits per heavy atom. The van der Waals surface area contributed by atoms with E-state index >= 15 is 0 Å². The standard InChI is InChI=1S/C14H13N3O2/c1-18-11-5-3-4-10(8-11)14-15-13-9-12(19-2)6-7-17(13)16-14/h3-9H,1-2H3. The molecule has 5 heteroatoms. The lowest BCUT2D eigenvalue weighted by molar-refractivity contribution is 0.414. The molecule has 3 aromatic rings. The second-order valence-corrected chi connectivity index (χ2v) is 4.04. The lowest BCUT2D eigenvalue weighted by Gasteiger charge is -2.00. The number of pyridine rings is 1. The molecular formula is C14H13N3O2. The van der Waals surface area contributed by atoms with Gasteiger partial charge in [-0.3, -0.25) is 0 Å². The van der Waals surface area contributed by atoms with Gasteiger partial charge < -0.3 is 9.47 Å². The fourth-order valence-corrected chi connectivity index (χ4v) is 1.87. The third-order valence-electron chi connectivity index (χ3n) is 2.87. The van der Waals surface area contributed by atoms with Crippen LogP contribution in [0, 0.1) is 0 Å². The maximum Gasteiger partial charge on any atom is 0.182 e. The highest BCUT2D eigenvalue weighted by Crippen LogP contribution is 2.22. The van der Waals surface area contributed by atoms with E-state index in [2.05, 4.69) is 10.1 Å². The van der Waals surface area contributed by atoms with Crippen molar-refractivity contribution in [3.05, 3.63) is 42.6 Å². The third-order valence-corrected chi connectivity index (χ3v) is 2.87. The van der Waals surface area contributed by atoms with Crippen LogP contribution >= 0.6 is 0 Å². The fraction of sp³-hybridized carbons (Fsp3) is 0.143. The first-order valence-corrected chi connectivity index (χ1v) is 5.85. The van der Waals surface area contributed by atoms with Gasteiger partial charge in [-0.25, -0.2) is 9.50 Å². The van der Waals surface area contributed by atoms with Gasteiger partial charge in [0.15, 0.2) is 11.5 Å². The lowest BCUT2D eigenvalue weighted by Crippen LogP contribution is -1.89. The minimum absolute atomic E-state index is 0.659. The summed E-state index contributed by atoms with van der Waals surface area (Å²) in [5.74, 6) is 2.21. The van der Waals surface area contributed by atoms with Crippen molar-refractivity contribution < 1.29 is 9.47 Å². The van der Waals surface area contributed by atoms with Crippen LogP contribution in [0.25, 0.3) is 17.0 Å². The summed E-state index contributed by atoms with van der Waals surface area (Å²) in [7, 11) is 3.27. The summed E-state index contributed by atoms with van der Waals surface area (Å²) in [6.07, 6.45) is 1.82. The number of benzene rings is 1. The van der Waals surface area contributed by atoms with E-state index in [1.165, 1.54) is 0 Å². The number of rotatable bonds is 3. The van der Waals surface area contributed by atoms with Crippen molar-refractivity contribution in [1.29, 1.82) is 0 Å². The summed E-state index contributed by atoms with van der Waals surface area (Å²) in [6.45, 7) is 0. The van der Waals surface area contributed by atoms with Crippen LogP contribution in [0.15, 0.2) is 42.6 Å². The van der Waals surface area contributed by atoms with Crippen molar-refractivity contribution in [2.75, 3.05) is 14.2 Å². The summed E-state index contributed by atoms with van der Waals surface area (Å²) in [4.78, 5) is 4.48. The Kier molecular flexibility index (Phi) is 2.79. The number of nitrogens with zero attached hydrogens (tertiary/aromatic N) is 3. The molecule has 0 fully saturated rings. The van der Waals surface area contributed by atoms with Crippen molar-refractivity contribution in [1.82, 2.24) is 14.6 Å². The highest BCUT2D eigenvalue weighted by molar-refractivity contribution is 5.60. The van der Waals surface area contributed by atoms with E-state index in [0.29, 0.717) is 5.82 Å². The Labute approximate surface area is 110 Å². The van der Waals surface area contributed by atoms with Crippen molar-refractivity contribution in [3.63, 3.8) is 0 Å². The number of ether oxygens (including phenoxy) is 2. The van der Waals surface area contributed by atoms with Crippen LogP contribution in [-0.2, 0) is 0 Å². The summed E-state index contributed by atoms with van der Waals surface area (Å²) < 4.78 is 12.1. The molecule has 0 saturated heterocycles. The maximum atomic E-state index is 5.20. The van der Waals surface area contributed by atoms with Crippen molar-refractivity contribution >= 4 is 5.65 Å². The smallest absolute Gasteiger partial charge is 0.182 e. The highest BCUT2D eigenvalue weighted by atomic mass is 16.5. The Morgan fingerprint density at radius 1 is 1.00 bits per heavy atom. The molecule has 0 N–H and O–H groups in total. The monoisotopic (exact) mass is 255 g/mol. The Hall–Kier alpha value is -2.56. The van der Waals surface area contributed by atoms with Gasteiger partial charge in [0.25, 0.3) is 0 Å². The van der Waals surface area contributed by atoms with Crippen LogP contribution in [-0.4, -0.2) is 28.8 Å². The van der Waals surface area contributed by atoms with E-state index in [4.69, 9.17) is 9.47 Å². The zero-order valence-corrected chi connectivity index (χ0v) is 10.7. The topological polar surface area (TPSA) is 48.7 Å². The molecule has 2 aromatic heterocycles. The molecule has 0 atom stereocenters. The summed E-state index contributed by atoms with van der Waals surface area (Å²) in [6, 6.07) is 11.4. The van der Waals surface area contributed by atoms with E-state index < -0.39 is 0 Å². The molecule has 0 aliphatic carbocycles. The molecule has 0 bridgehead atoms. The fourth-order valence-electron chi connectivity index (χ4n) is 1.87. The molecule has 1 aromatic carbocycles. The molecule has 0 amide bonds. The van der Waals surface area contributed by atoms with Crippen LogP contribution < -0.4 is 9.47 Å². The quantitative estimate of drug-likeness (QED) is 0.721. The van der Waals surface area contributed by atoms with Crippen LogP contribution in [0.1, 0.15) is 0 Å². The molecule has 96 valence electrons. The minimum Gasteiger partial charge on any atom is -0.497 e. The van der Waals surface area contributed by atoms with Gasteiger partial charge in [-0.15, -0.1) is 5.10 Å². The average Bonchev–Trinajstić information content (AvgIpc) is 2.90. The van der Waals surface area contributed by atoms with Crippen LogP contribution in [0.3, 0.4) is 0 Å². The van der Waals surface area contributed by atoms with Gasteiger partial charge in [0, 0.05) is 17.8 Å². The second kappa shape index (κ2) is 4.61. The third kappa shape index (κ3) is 2.10. The lowest BCUT2D eigenvalue weighted by atomic mass is 10.2. The number of methoxy groups -OCH3 is 2. The van der Waals surface area contributed by atoms with Gasteiger partial charge in [-0.2, -0.15) is 0 Å². The first-order chi connectivity index (χ1) is 9.30. The number of fused-ring (bicyclic) bond motifs is 1. The summed E-state index contributed by atoms with van der Waals surface area (Å²) in [5.41, 5.74) is 1.67. The maximum absolute atomic E-state index is 5.20. The first-order valence-electron chi connectivity index (χ1n) is 5.85. The van der Waals surface area contributed by atoms with E-state index in [1.807, 2.05) is 42.6 Å². The Balaban J connectivity index is 2.09. The average molecular weight is 255 g/mol. The van der Waals surface area contributed by atoms with Crippen molar-refractivity contribution in [2.45, 2.75) is 0 Å². The minimum atomic E-state index is 0.659. The van der Waals surface area contributed by atoms with Gasteiger partial charge in [-0.05, 0) is 18.2 Å². The second-order valence-electron chi connectivity index (χ2n) is 4.04. The molecule has 0 saturated carbocycles. The Morgan fingerprint density at radius 3 is 2.58 bits per heavy atom. The zero-order chi connectivity index (χ0) is 13.2. The molecule has 5 nitrogen and oxygen atoms in total. The SMILES string of the molecule is COc1cccc(-c2nc3cc(OC)ccn3n2)c1. The first kappa shape index (κ1) is 11.5. The Bertz CT molecular complexity index is 722. The van der Waals surface area contributed by atoms with E-state index in [9.17, 15) is 0 Å². The van der Waals surface area contributed by atoms with Crippen molar-refractivity contribution in [3.8, 4) is 22.9 Å². The molecule has 0 unspecified atom stereocenters. The highest BCUT2D eigenvalue weighted by Gasteiger charge is 2.07. The largest absolute Gasteiger partial charge is 0.497 e. The molecule has 0 aliphatic heterocycles. The summed E-state index contributed by atoms with van der Waals surface area (Å²) >= 11 is 0. The van der Waals surface area contributed by atoms with Gasteiger partial charge in [0.1, 0.15) is 11.5 Å². The zero-order valence-electron chi connectivity index (χ0n) is 10.7. The molecule has 0 spiro atoms. The van der Waals surface area contributed by atoms with Gasteiger partial charge in [-0.1, -0.05) is 12.1 Å². The van der Waals surface area contributed by atoms with Crippen LogP contribution in [0.5, 0.6) is 11.5 Å². The molecule has 3 rings (SSSR count). The predicted molar refractivity (Wildman–Crippen MR) is 71.5 cm³/mol. The number of aromatic nitrogens is 3. The molecular weight excluding hydrogens is 242 g/mol. The number of hydrogen-bond donors (Lipinski definition) is 0. The molecule has 2 heterocycles. The van der Waals surface area contributed by atoms with Crippen LogP contribution in [0.2, 0.25) is 0 Å². The predicted octanol–water partition coefficient (Wildman–Crippen LogP) is 2.41. The normalized spacial score (nSPS) is 10.6. The number of hydrogen-bond acceptors (Lipinski definition) is 4. The molecule has 19 heavy (non-hydrogen) atoms. The van der Waals surface area contributed by atoms with E-state index in [-0.39, 0.29) is 0 Å². The summed E-state index contributed by atoms with van der Waals surface area (Å²) in [5, 5.41) is 4.43. The van der Waals surface area contributed by atoms with E-state index in [1.54, 1.807) is 18.7 Å². The van der Waals surface area contributed by atoms with E-state index in [0.717, 1.165) is 22.7 Å². The van der Waals surface area contributed by atoms with Crippen molar-refractivity contribution in [2.24, 2.45) is 0 Å².